The lowest BCUT2D eigenvalue weighted by atomic mass is 9.99. The first-order valence-electron chi connectivity index (χ1n) is 13.0. The number of ether oxygens (including phenoxy) is 1. The summed E-state index contributed by atoms with van der Waals surface area (Å²) in [6.07, 6.45) is 23.8. The summed E-state index contributed by atoms with van der Waals surface area (Å²) >= 11 is 0. The zero-order valence-corrected chi connectivity index (χ0v) is 20.3. The van der Waals surface area contributed by atoms with E-state index in [-0.39, 0.29) is 19.2 Å². The third-order valence-corrected chi connectivity index (χ3v) is 6.04. The van der Waals surface area contributed by atoms with Gasteiger partial charge in [0.1, 0.15) is 0 Å². The zero-order chi connectivity index (χ0) is 22.3. The maximum absolute atomic E-state index is 11.7. The Hall–Kier alpha value is -0.610. The van der Waals surface area contributed by atoms with Crippen LogP contribution in [0.3, 0.4) is 0 Å². The Balaban J connectivity index is 3.23. The summed E-state index contributed by atoms with van der Waals surface area (Å²) in [6, 6.07) is 0. The minimum Gasteiger partial charge on any atom is -0.466 e. The van der Waals surface area contributed by atoms with Gasteiger partial charge < -0.3 is 14.9 Å². The molecule has 2 N–H and O–H groups in total. The van der Waals surface area contributed by atoms with Gasteiger partial charge in [-0.1, -0.05) is 110 Å². The standard InChI is InChI=1S/C26H52O4/c1-3-4-5-6-7-8-9-10-11-12-13-14-15-16-17-18-19-20-25(28)30-24-22-26(2,29)21-23-27/h27,29H,3-24H2,1-2H3. The summed E-state index contributed by atoms with van der Waals surface area (Å²) in [7, 11) is 0. The quantitative estimate of drug-likeness (QED) is 0.135. The van der Waals surface area contributed by atoms with E-state index in [9.17, 15) is 9.90 Å². The first kappa shape index (κ1) is 29.4. The Kier molecular flexibility index (Phi) is 21.2. The van der Waals surface area contributed by atoms with Crippen LogP contribution in [0.2, 0.25) is 0 Å². The molecule has 0 bridgehead atoms. The van der Waals surface area contributed by atoms with Gasteiger partial charge in [-0.05, 0) is 19.8 Å². The molecule has 0 saturated heterocycles. The first-order valence-corrected chi connectivity index (χ1v) is 13.0. The van der Waals surface area contributed by atoms with E-state index in [1.165, 1.54) is 96.3 Å². The third-order valence-electron chi connectivity index (χ3n) is 6.04. The Morgan fingerprint density at radius 1 is 0.700 bits per heavy atom. The third kappa shape index (κ3) is 22.1. The molecule has 0 aliphatic carbocycles. The molecule has 180 valence electrons. The molecular weight excluding hydrogens is 376 g/mol. The first-order chi connectivity index (χ1) is 14.5. The fourth-order valence-electron chi connectivity index (χ4n) is 3.82. The highest BCUT2D eigenvalue weighted by atomic mass is 16.5. The van der Waals surface area contributed by atoms with Gasteiger partial charge in [0.15, 0.2) is 0 Å². The molecule has 0 radical (unpaired) electrons. The smallest absolute Gasteiger partial charge is 0.305 e. The minimum atomic E-state index is -0.955. The maximum atomic E-state index is 11.7. The molecule has 1 atom stereocenters. The lowest BCUT2D eigenvalue weighted by molar-refractivity contribution is -0.145. The number of aliphatic hydroxyl groups is 2. The van der Waals surface area contributed by atoms with Crippen LogP contribution < -0.4 is 0 Å². The average molecular weight is 429 g/mol. The van der Waals surface area contributed by atoms with Crippen LogP contribution in [0.4, 0.5) is 0 Å². The number of rotatable bonds is 23. The molecule has 0 rings (SSSR count). The summed E-state index contributed by atoms with van der Waals surface area (Å²) in [5, 5.41) is 18.8. The number of aliphatic hydroxyl groups excluding tert-OH is 1. The van der Waals surface area contributed by atoms with Crippen LogP contribution in [0.5, 0.6) is 0 Å². The molecule has 4 heteroatoms. The van der Waals surface area contributed by atoms with Crippen LogP contribution in [-0.2, 0) is 9.53 Å². The topological polar surface area (TPSA) is 66.8 Å². The highest BCUT2D eigenvalue weighted by Gasteiger charge is 2.19. The molecular formula is C26H52O4. The van der Waals surface area contributed by atoms with Crippen molar-refractivity contribution >= 4 is 5.97 Å². The van der Waals surface area contributed by atoms with Crippen molar-refractivity contribution in [1.29, 1.82) is 0 Å². The molecule has 1 unspecified atom stereocenters. The molecule has 0 aromatic rings. The number of esters is 1. The van der Waals surface area contributed by atoms with Gasteiger partial charge in [-0.3, -0.25) is 4.79 Å². The van der Waals surface area contributed by atoms with E-state index >= 15 is 0 Å². The monoisotopic (exact) mass is 428 g/mol. The number of unbranched alkanes of at least 4 members (excludes halogenated alkanes) is 16. The molecule has 30 heavy (non-hydrogen) atoms. The summed E-state index contributed by atoms with van der Waals surface area (Å²) in [6.45, 7) is 4.11. The van der Waals surface area contributed by atoms with E-state index in [1.54, 1.807) is 6.92 Å². The second-order valence-electron chi connectivity index (χ2n) is 9.35. The van der Waals surface area contributed by atoms with Crippen molar-refractivity contribution in [1.82, 2.24) is 0 Å². The molecule has 4 nitrogen and oxygen atoms in total. The van der Waals surface area contributed by atoms with Crippen molar-refractivity contribution < 1.29 is 19.7 Å². The molecule has 0 amide bonds. The molecule has 0 heterocycles. The summed E-state index contributed by atoms with van der Waals surface area (Å²) in [4.78, 5) is 11.7. The van der Waals surface area contributed by atoms with Crippen LogP contribution >= 0.6 is 0 Å². The molecule has 0 aromatic carbocycles. The summed E-state index contributed by atoms with van der Waals surface area (Å²) in [5.74, 6) is -0.171. The van der Waals surface area contributed by atoms with Crippen LogP contribution in [0.15, 0.2) is 0 Å². The number of hydrogen-bond donors (Lipinski definition) is 2. The van der Waals surface area contributed by atoms with Gasteiger partial charge in [0.25, 0.3) is 0 Å². The Morgan fingerprint density at radius 3 is 1.50 bits per heavy atom. The SMILES string of the molecule is CCCCCCCCCCCCCCCCCCCC(=O)OCCC(C)(O)CCO. The number of carbonyl (C=O) groups is 1. The van der Waals surface area contributed by atoms with E-state index < -0.39 is 5.60 Å². The molecule has 0 aliphatic rings. The highest BCUT2D eigenvalue weighted by molar-refractivity contribution is 5.69. The highest BCUT2D eigenvalue weighted by Crippen LogP contribution is 2.15. The zero-order valence-electron chi connectivity index (χ0n) is 20.3. The fourth-order valence-corrected chi connectivity index (χ4v) is 3.82. The van der Waals surface area contributed by atoms with E-state index in [2.05, 4.69) is 6.92 Å². The van der Waals surface area contributed by atoms with E-state index in [1.807, 2.05) is 0 Å². The average Bonchev–Trinajstić information content (AvgIpc) is 2.70. The number of hydrogen-bond acceptors (Lipinski definition) is 4. The van der Waals surface area contributed by atoms with Gasteiger partial charge in [0.2, 0.25) is 0 Å². The van der Waals surface area contributed by atoms with Gasteiger partial charge in [0, 0.05) is 19.4 Å². The largest absolute Gasteiger partial charge is 0.466 e. The molecule has 0 spiro atoms. The van der Waals surface area contributed by atoms with Gasteiger partial charge in [-0.25, -0.2) is 0 Å². The van der Waals surface area contributed by atoms with Gasteiger partial charge in [0.05, 0.1) is 12.2 Å². The number of carbonyl (C=O) groups excluding carboxylic acids is 1. The predicted octanol–water partition coefficient (Wildman–Crippen LogP) is 7.09. The Morgan fingerprint density at radius 2 is 1.10 bits per heavy atom. The van der Waals surface area contributed by atoms with Crippen molar-refractivity contribution in [2.75, 3.05) is 13.2 Å². The fraction of sp³-hybridized carbons (Fsp3) is 0.962. The van der Waals surface area contributed by atoms with E-state index in [4.69, 9.17) is 9.84 Å². The lowest BCUT2D eigenvalue weighted by Gasteiger charge is -2.21. The van der Waals surface area contributed by atoms with E-state index in [0.717, 1.165) is 12.8 Å². The second kappa shape index (κ2) is 21.6. The minimum absolute atomic E-state index is 0.0554. The van der Waals surface area contributed by atoms with Crippen molar-refractivity contribution in [2.45, 2.75) is 148 Å². The van der Waals surface area contributed by atoms with Crippen molar-refractivity contribution in [3.63, 3.8) is 0 Å². The molecule has 0 fully saturated rings. The second-order valence-corrected chi connectivity index (χ2v) is 9.35. The van der Waals surface area contributed by atoms with E-state index in [0.29, 0.717) is 19.3 Å². The van der Waals surface area contributed by atoms with Crippen LogP contribution in [0.25, 0.3) is 0 Å². The van der Waals surface area contributed by atoms with Crippen LogP contribution in [-0.4, -0.2) is 35.0 Å². The Labute approximate surface area is 187 Å². The van der Waals surface area contributed by atoms with Gasteiger partial charge in [-0.15, -0.1) is 0 Å². The Bertz CT molecular complexity index is 368. The van der Waals surface area contributed by atoms with Crippen molar-refractivity contribution in [2.24, 2.45) is 0 Å². The van der Waals surface area contributed by atoms with Gasteiger partial charge >= 0.3 is 5.97 Å². The predicted molar refractivity (Wildman–Crippen MR) is 127 cm³/mol. The molecule has 0 aliphatic heterocycles. The summed E-state index contributed by atoms with van der Waals surface area (Å²) in [5.41, 5.74) is -0.955. The summed E-state index contributed by atoms with van der Waals surface area (Å²) < 4.78 is 5.17. The lowest BCUT2D eigenvalue weighted by Crippen LogP contribution is -2.27. The molecule has 0 aromatic heterocycles. The maximum Gasteiger partial charge on any atom is 0.305 e. The van der Waals surface area contributed by atoms with Crippen molar-refractivity contribution in [3.8, 4) is 0 Å². The van der Waals surface area contributed by atoms with Crippen LogP contribution in [0.1, 0.15) is 142 Å². The van der Waals surface area contributed by atoms with Crippen LogP contribution in [0, 0.1) is 0 Å². The molecule has 0 saturated carbocycles. The normalized spacial score (nSPS) is 13.3. The van der Waals surface area contributed by atoms with Gasteiger partial charge in [-0.2, -0.15) is 0 Å². The van der Waals surface area contributed by atoms with Crippen molar-refractivity contribution in [3.05, 3.63) is 0 Å².